The SMILES string of the molecule is Cc1ccncc1C1(CO)CC1(C)C. The lowest BCUT2D eigenvalue weighted by molar-refractivity contribution is 0.230. The zero-order valence-electron chi connectivity index (χ0n) is 9.04. The molecule has 2 nitrogen and oxygen atoms in total. The fourth-order valence-corrected chi connectivity index (χ4v) is 2.49. The second-order valence-electron chi connectivity index (χ2n) is 4.99. The minimum absolute atomic E-state index is 0.0364. The van der Waals surface area contributed by atoms with Crippen molar-refractivity contribution in [2.75, 3.05) is 6.61 Å². The number of hydrogen-bond donors (Lipinski definition) is 1. The molecule has 0 amide bonds. The van der Waals surface area contributed by atoms with Gasteiger partial charge < -0.3 is 5.11 Å². The first-order valence-electron chi connectivity index (χ1n) is 5.05. The van der Waals surface area contributed by atoms with Gasteiger partial charge in [0.1, 0.15) is 0 Å². The van der Waals surface area contributed by atoms with Crippen LogP contribution in [0.4, 0.5) is 0 Å². The molecule has 0 spiro atoms. The van der Waals surface area contributed by atoms with Crippen LogP contribution in [0.25, 0.3) is 0 Å². The largest absolute Gasteiger partial charge is 0.395 e. The van der Waals surface area contributed by atoms with Gasteiger partial charge in [-0.15, -0.1) is 0 Å². The molecule has 1 heterocycles. The Kier molecular flexibility index (Phi) is 1.93. The van der Waals surface area contributed by atoms with Gasteiger partial charge in [-0.1, -0.05) is 13.8 Å². The zero-order chi connectivity index (χ0) is 10.4. The fourth-order valence-electron chi connectivity index (χ4n) is 2.49. The monoisotopic (exact) mass is 191 g/mol. The van der Waals surface area contributed by atoms with Crippen molar-refractivity contribution in [1.29, 1.82) is 0 Å². The molecule has 1 fully saturated rings. The maximum atomic E-state index is 9.54. The number of rotatable bonds is 2. The standard InChI is InChI=1S/C12H17NO/c1-9-4-5-13-6-10(9)12(8-14)7-11(12,2)3/h4-6,14H,7-8H2,1-3H3. The molecule has 2 rings (SSSR count). The van der Waals surface area contributed by atoms with Gasteiger partial charge in [0.15, 0.2) is 0 Å². The van der Waals surface area contributed by atoms with Gasteiger partial charge in [-0.3, -0.25) is 4.98 Å². The van der Waals surface area contributed by atoms with E-state index in [1.165, 1.54) is 11.1 Å². The fraction of sp³-hybridized carbons (Fsp3) is 0.583. The Labute approximate surface area is 85.0 Å². The molecule has 1 saturated carbocycles. The van der Waals surface area contributed by atoms with Crippen molar-refractivity contribution in [3.8, 4) is 0 Å². The van der Waals surface area contributed by atoms with Crippen LogP contribution < -0.4 is 0 Å². The van der Waals surface area contributed by atoms with E-state index in [1.54, 1.807) is 6.20 Å². The number of hydrogen-bond acceptors (Lipinski definition) is 2. The highest BCUT2D eigenvalue weighted by Gasteiger charge is 2.62. The molecule has 0 radical (unpaired) electrons. The van der Waals surface area contributed by atoms with Crippen LogP contribution in [0.5, 0.6) is 0 Å². The average Bonchev–Trinajstić information content (AvgIpc) is 2.70. The van der Waals surface area contributed by atoms with E-state index in [4.69, 9.17) is 0 Å². The van der Waals surface area contributed by atoms with Crippen molar-refractivity contribution >= 4 is 0 Å². The van der Waals surface area contributed by atoms with Crippen LogP contribution in [0.1, 0.15) is 31.4 Å². The number of aliphatic hydroxyl groups excluding tert-OH is 1. The Hall–Kier alpha value is -0.890. The quantitative estimate of drug-likeness (QED) is 0.776. The van der Waals surface area contributed by atoms with Crippen LogP contribution in [-0.4, -0.2) is 16.7 Å². The summed E-state index contributed by atoms with van der Waals surface area (Å²) in [6.07, 6.45) is 4.77. The number of nitrogens with zero attached hydrogens (tertiary/aromatic N) is 1. The van der Waals surface area contributed by atoms with Crippen molar-refractivity contribution in [2.24, 2.45) is 5.41 Å². The topological polar surface area (TPSA) is 33.1 Å². The maximum Gasteiger partial charge on any atom is 0.0533 e. The summed E-state index contributed by atoms with van der Waals surface area (Å²) in [5.41, 5.74) is 2.63. The third kappa shape index (κ3) is 1.10. The highest BCUT2D eigenvalue weighted by atomic mass is 16.3. The molecule has 1 aliphatic carbocycles. The molecule has 1 unspecified atom stereocenters. The maximum absolute atomic E-state index is 9.54. The van der Waals surface area contributed by atoms with E-state index in [0.717, 1.165) is 6.42 Å². The first kappa shape index (κ1) is 9.66. The zero-order valence-corrected chi connectivity index (χ0v) is 9.04. The van der Waals surface area contributed by atoms with Crippen molar-refractivity contribution in [2.45, 2.75) is 32.6 Å². The minimum atomic E-state index is -0.0364. The van der Waals surface area contributed by atoms with Gasteiger partial charge in [0.2, 0.25) is 0 Å². The van der Waals surface area contributed by atoms with Crippen LogP contribution in [0.2, 0.25) is 0 Å². The molecule has 1 N–H and O–H groups in total. The van der Waals surface area contributed by atoms with E-state index in [9.17, 15) is 5.11 Å². The van der Waals surface area contributed by atoms with Gasteiger partial charge in [0, 0.05) is 17.8 Å². The summed E-state index contributed by atoms with van der Waals surface area (Å²) in [5.74, 6) is 0. The predicted molar refractivity (Wildman–Crippen MR) is 56.1 cm³/mol. The number of aryl methyl sites for hydroxylation is 1. The molecule has 0 aliphatic heterocycles. The summed E-state index contributed by atoms with van der Waals surface area (Å²) in [6.45, 7) is 6.72. The second kappa shape index (κ2) is 2.80. The molecular weight excluding hydrogens is 174 g/mol. The summed E-state index contributed by atoms with van der Waals surface area (Å²) >= 11 is 0. The van der Waals surface area contributed by atoms with Gasteiger partial charge in [-0.25, -0.2) is 0 Å². The second-order valence-corrected chi connectivity index (χ2v) is 4.99. The molecule has 1 aromatic heterocycles. The predicted octanol–water partition coefficient (Wildman–Crippen LogP) is 2.05. The first-order valence-corrected chi connectivity index (χ1v) is 5.05. The minimum Gasteiger partial charge on any atom is -0.395 e. The molecule has 1 aromatic rings. The number of pyridine rings is 1. The van der Waals surface area contributed by atoms with Crippen LogP contribution >= 0.6 is 0 Å². The molecule has 76 valence electrons. The third-order valence-corrected chi connectivity index (χ3v) is 3.74. The molecule has 1 atom stereocenters. The Morgan fingerprint density at radius 3 is 2.57 bits per heavy atom. The van der Waals surface area contributed by atoms with Crippen LogP contribution in [0.3, 0.4) is 0 Å². The number of aliphatic hydroxyl groups is 1. The smallest absolute Gasteiger partial charge is 0.0533 e. The van der Waals surface area contributed by atoms with E-state index < -0.39 is 0 Å². The Bertz CT molecular complexity index is 359. The Morgan fingerprint density at radius 1 is 1.50 bits per heavy atom. The lowest BCUT2D eigenvalue weighted by Gasteiger charge is -2.19. The highest BCUT2D eigenvalue weighted by molar-refractivity contribution is 5.40. The van der Waals surface area contributed by atoms with Crippen LogP contribution in [-0.2, 0) is 5.41 Å². The van der Waals surface area contributed by atoms with Crippen molar-refractivity contribution in [1.82, 2.24) is 4.98 Å². The van der Waals surface area contributed by atoms with Crippen molar-refractivity contribution < 1.29 is 5.11 Å². The van der Waals surface area contributed by atoms with E-state index in [2.05, 4.69) is 25.8 Å². The van der Waals surface area contributed by atoms with Gasteiger partial charge in [-0.2, -0.15) is 0 Å². The molecule has 1 aliphatic rings. The number of aromatic nitrogens is 1. The van der Waals surface area contributed by atoms with E-state index >= 15 is 0 Å². The van der Waals surface area contributed by atoms with Gasteiger partial charge >= 0.3 is 0 Å². The first-order chi connectivity index (χ1) is 6.53. The lowest BCUT2D eigenvalue weighted by atomic mass is 9.87. The van der Waals surface area contributed by atoms with Crippen molar-refractivity contribution in [3.63, 3.8) is 0 Å². The molecule has 14 heavy (non-hydrogen) atoms. The summed E-state index contributed by atoms with van der Waals surface area (Å²) in [4.78, 5) is 4.15. The average molecular weight is 191 g/mol. The van der Waals surface area contributed by atoms with Gasteiger partial charge in [0.25, 0.3) is 0 Å². The summed E-state index contributed by atoms with van der Waals surface area (Å²) < 4.78 is 0. The summed E-state index contributed by atoms with van der Waals surface area (Å²) in [6, 6.07) is 2.02. The molecule has 0 saturated heterocycles. The van der Waals surface area contributed by atoms with E-state index in [0.29, 0.717) is 0 Å². The van der Waals surface area contributed by atoms with E-state index in [-0.39, 0.29) is 17.4 Å². The normalized spacial score (nSPS) is 28.9. The Morgan fingerprint density at radius 2 is 2.14 bits per heavy atom. The van der Waals surface area contributed by atoms with Crippen LogP contribution in [0, 0.1) is 12.3 Å². The highest BCUT2D eigenvalue weighted by Crippen LogP contribution is 2.64. The van der Waals surface area contributed by atoms with E-state index in [1.807, 2.05) is 12.3 Å². The van der Waals surface area contributed by atoms with Gasteiger partial charge in [0.05, 0.1) is 6.61 Å². The third-order valence-electron chi connectivity index (χ3n) is 3.74. The molecular formula is C12H17NO. The van der Waals surface area contributed by atoms with Crippen LogP contribution in [0.15, 0.2) is 18.5 Å². The molecule has 2 heteroatoms. The molecule has 0 aromatic carbocycles. The van der Waals surface area contributed by atoms with Gasteiger partial charge in [-0.05, 0) is 36.0 Å². The Balaban J connectivity index is 2.46. The summed E-state index contributed by atoms with van der Waals surface area (Å²) in [7, 11) is 0. The molecule has 0 bridgehead atoms. The summed E-state index contributed by atoms with van der Waals surface area (Å²) in [5, 5.41) is 9.54. The van der Waals surface area contributed by atoms with Crippen molar-refractivity contribution in [3.05, 3.63) is 29.6 Å². The lowest BCUT2D eigenvalue weighted by Crippen LogP contribution is -2.20.